The van der Waals surface area contributed by atoms with Crippen molar-refractivity contribution in [2.45, 2.75) is 38.6 Å². The van der Waals surface area contributed by atoms with E-state index in [1.165, 1.54) is 49.9 Å². The lowest BCUT2D eigenvalue weighted by Gasteiger charge is -2.37. The second-order valence-electron chi connectivity index (χ2n) is 6.50. The Balaban J connectivity index is 1.57. The fourth-order valence-electron chi connectivity index (χ4n) is 3.80. The molecule has 2 aromatic rings. The third-order valence-electron chi connectivity index (χ3n) is 5.03. The van der Waals surface area contributed by atoms with E-state index < -0.39 is 0 Å². The molecular weight excluding hydrogens is 266 g/mol. The minimum absolute atomic E-state index is 0.596. The molecule has 1 aliphatic rings. The Morgan fingerprint density at radius 2 is 1.50 bits per heavy atom. The van der Waals surface area contributed by atoms with Gasteiger partial charge in [-0.25, -0.2) is 0 Å². The largest absolute Gasteiger partial charge is 0.296 e. The van der Waals surface area contributed by atoms with Crippen molar-refractivity contribution < 1.29 is 0 Å². The molecule has 0 spiro atoms. The number of benzene rings is 2. The predicted molar refractivity (Wildman–Crippen MR) is 93.9 cm³/mol. The number of nitrogens with zero attached hydrogens (tertiary/aromatic N) is 1. The van der Waals surface area contributed by atoms with Gasteiger partial charge in [0.25, 0.3) is 0 Å². The molecule has 0 radical (unpaired) electrons. The Labute approximate surface area is 135 Å². The number of piperidine rings is 1. The van der Waals surface area contributed by atoms with E-state index in [0.717, 1.165) is 5.92 Å². The smallest absolute Gasteiger partial charge is 0.0345 e. The first kappa shape index (κ1) is 15.3. The van der Waals surface area contributed by atoms with Crippen LogP contribution in [-0.4, -0.2) is 18.0 Å². The molecule has 1 unspecified atom stereocenters. The van der Waals surface area contributed by atoms with Crippen molar-refractivity contribution in [1.82, 2.24) is 4.90 Å². The van der Waals surface area contributed by atoms with Crippen LogP contribution in [-0.2, 0) is 6.42 Å². The molecule has 0 saturated carbocycles. The van der Waals surface area contributed by atoms with Crippen LogP contribution in [0.2, 0.25) is 0 Å². The Kier molecular flexibility index (Phi) is 5.29. The van der Waals surface area contributed by atoms with Crippen molar-refractivity contribution in [3.05, 3.63) is 71.8 Å². The van der Waals surface area contributed by atoms with Crippen molar-refractivity contribution in [2.75, 3.05) is 13.1 Å². The fraction of sp³-hybridized carbons (Fsp3) is 0.429. The quantitative estimate of drug-likeness (QED) is 0.742. The first-order valence-electron chi connectivity index (χ1n) is 8.69. The van der Waals surface area contributed by atoms with Crippen molar-refractivity contribution >= 4 is 0 Å². The van der Waals surface area contributed by atoms with Crippen LogP contribution in [0, 0.1) is 5.92 Å². The summed E-state index contributed by atoms with van der Waals surface area (Å²) in [5, 5.41) is 0. The molecule has 1 aliphatic heterocycles. The van der Waals surface area contributed by atoms with Gasteiger partial charge in [0.15, 0.2) is 0 Å². The molecule has 1 heteroatoms. The summed E-state index contributed by atoms with van der Waals surface area (Å²) >= 11 is 0. The van der Waals surface area contributed by atoms with Crippen molar-refractivity contribution in [3.63, 3.8) is 0 Å². The second kappa shape index (κ2) is 7.60. The van der Waals surface area contributed by atoms with Gasteiger partial charge in [-0.05, 0) is 55.8 Å². The van der Waals surface area contributed by atoms with Crippen molar-refractivity contribution in [3.8, 4) is 0 Å². The monoisotopic (exact) mass is 293 g/mol. The van der Waals surface area contributed by atoms with Gasteiger partial charge in [0.1, 0.15) is 0 Å². The molecule has 1 saturated heterocycles. The van der Waals surface area contributed by atoms with E-state index in [-0.39, 0.29) is 0 Å². The molecule has 22 heavy (non-hydrogen) atoms. The van der Waals surface area contributed by atoms with Crippen molar-refractivity contribution in [1.29, 1.82) is 0 Å². The lowest BCUT2D eigenvalue weighted by atomic mass is 9.88. The molecule has 0 aromatic heterocycles. The summed E-state index contributed by atoms with van der Waals surface area (Å²) in [6.07, 6.45) is 5.11. The van der Waals surface area contributed by atoms with Crippen molar-refractivity contribution in [2.24, 2.45) is 5.92 Å². The number of likely N-dealkylation sites (tertiary alicyclic amines) is 1. The zero-order chi connectivity index (χ0) is 15.2. The van der Waals surface area contributed by atoms with Gasteiger partial charge >= 0.3 is 0 Å². The first-order valence-corrected chi connectivity index (χ1v) is 8.69. The third-order valence-corrected chi connectivity index (χ3v) is 5.03. The molecule has 2 aromatic carbocycles. The summed E-state index contributed by atoms with van der Waals surface area (Å²) in [6.45, 7) is 4.80. The van der Waals surface area contributed by atoms with Gasteiger partial charge in [0.05, 0.1) is 0 Å². The average molecular weight is 293 g/mol. The van der Waals surface area contributed by atoms with E-state index in [1.807, 2.05) is 0 Å². The summed E-state index contributed by atoms with van der Waals surface area (Å²) in [5.74, 6) is 0.854. The average Bonchev–Trinajstić information content (AvgIpc) is 2.59. The molecular formula is C21H27N. The standard InChI is InChI=1S/C21H27N/c1-2-21(20-11-7-4-8-12-20)22-15-13-19(14-16-22)17-18-9-5-3-6-10-18/h3-12,19,21H,2,13-17H2,1H3. The van der Waals surface area contributed by atoms with Crippen LogP contribution in [0.15, 0.2) is 60.7 Å². The maximum Gasteiger partial charge on any atom is 0.0345 e. The summed E-state index contributed by atoms with van der Waals surface area (Å²) in [7, 11) is 0. The van der Waals surface area contributed by atoms with Gasteiger partial charge in [0.2, 0.25) is 0 Å². The molecule has 3 rings (SSSR count). The Bertz CT molecular complexity index is 541. The van der Waals surface area contributed by atoms with Crippen LogP contribution in [0.1, 0.15) is 43.4 Å². The summed E-state index contributed by atoms with van der Waals surface area (Å²) in [4.78, 5) is 2.69. The highest BCUT2D eigenvalue weighted by atomic mass is 15.2. The first-order chi connectivity index (χ1) is 10.9. The summed E-state index contributed by atoms with van der Waals surface area (Å²) < 4.78 is 0. The van der Waals surface area contributed by atoms with Gasteiger partial charge in [-0.15, -0.1) is 0 Å². The normalized spacial score (nSPS) is 18.2. The lowest BCUT2D eigenvalue weighted by molar-refractivity contribution is 0.129. The highest BCUT2D eigenvalue weighted by Crippen LogP contribution is 2.30. The van der Waals surface area contributed by atoms with E-state index in [0.29, 0.717) is 6.04 Å². The minimum atomic E-state index is 0.596. The Morgan fingerprint density at radius 3 is 2.09 bits per heavy atom. The van der Waals surface area contributed by atoms with Gasteiger partial charge in [0, 0.05) is 6.04 Å². The fourth-order valence-corrected chi connectivity index (χ4v) is 3.80. The van der Waals surface area contributed by atoms with Crippen LogP contribution < -0.4 is 0 Å². The van der Waals surface area contributed by atoms with E-state index >= 15 is 0 Å². The maximum atomic E-state index is 2.69. The van der Waals surface area contributed by atoms with Gasteiger partial charge in [-0.2, -0.15) is 0 Å². The van der Waals surface area contributed by atoms with Gasteiger partial charge in [-0.1, -0.05) is 67.6 Å². The van der Waals surface area contributed by atoms with Crippen LogP contribution >= 0.6 is 0 Å². The molecule has 1 heterocycles. The SMILES string of the molecule is CCC(c1ccccc1)N1CCC(Cc2ccccc2)CC1. The van der Waals surface area contributed by atoms with E-state index in [2.05, 4.69) is 72.5 Å². The molecule has 0 aliphatic carbocycles. The predicted octanol–water partition coefficient (Wildman–Crippen LogP) is 5.09. The highest BCUT2D eigenvalue weighted by Gasteiger charge is 2.25. The number of hydrogen-bond acceptors (Lipinski definition) is 1. The van der Waals surface area contributed by atoms with Crippen LogP contribution in [0.3, 0.4) is 0 Å². The molecule has 1 atom stereocenters. The van der Waals surface area contributed by atoms with E-state index in [9.17, 15) is 0 Å². The zero-order valence-electron chi connectivity index (χ0n) is 13.6. The summed E-state index contributed by atoms with van der Waals surface area (Å²) in [5.41, 5.74) is 2.97. The van der Waals surface area contributed by atoms with Gasteiger partial charge in [-0.3, -0.25) is 4.90 Å². The Hall–Kier alpha value is -1.60. The minimum Gasteiger partial charge on any atom is -0.296 e. The molecule has 1 nitrogen and oxygen atoms in total. The highest BCUT2D eigenvalue weighted by molar-refractivity contribution is 5.19. The number of rotatable bonds is 5. The van der Waals surface area contributed by atoms with Crippen LogP contribution in [0.4, 0.5) is 0 Å². The van der Waals surface area contributed by atoms with E-state index in [4.69, 9.17) is 0 Å². The molecule has 1 fully saturated rings. The topological polar surface area (TPSA) is 3.24 Å². The van der Waals surface area contributed by atoms with Gasteiger partial charge < -0.3 is 0 Å². The molecule has 0 amide bonds. The summed E-state index contributed by atoms with van der Waals surface area (Å²) in [6, 6.07) is 22.6. The number of hydrogen-bond donors (Lipinski definition) is 0. The second-order valence-corrected chi connectivity index (χ2v) is 6.50. The molecule has 116 valence electrons. The third kappa shape index (κ3) is 3.78. The lowest BCUT2D eigenvalue weighted by Crippen LogP contribution is -2.37. The molecule has 0 N–H and O–H groups in total. The molecule has 0 bridgehead atoms. The Morgan fingerprint density at radius 1 is 0.909 bits per heavy atom. The maximum absolute atomic E-state index is 2.69. The van der Waals surface area contributed by atoms with Crippen LogP contribution in [0.25, 0.3) is 0 Å². The van der Waals surface area contributed by atoms with Crippen LogP contribution in [0.5, 0.6) is 0 Å². The van der Waals surface area contributed by atoms with E-state index in [1.54, 1.807) is 0 Å². The zero-order valence-corrected chi connectivity index (χ0v) is 13.6.